The molecule has 4 rings (SSSR count). The van der Waals surface area contributed by atoms with Crippen LogP contribution in [0.4, 0.5) is 5.82 Å². The number of anilines is 1. The van der Waals surface area contributed by atoms with Gasteiger partial charge in [-0.15, -0.1) is 0 Å². The number of aromatic nitrogens is 5. The Balaban J connectivity index is 1.91. The second kappa shape index (κ2) is 7.14. The van der Waals surface area contributed by atoms with Gasteiger partial charge in [-0.1, -0.05) is 0 Å². The zero-order chi connectivity index (χ0) is 19.7. The number of piperidine rings is 1. The molecule has 4 heterocycles. The molecule has 10 nitrogen and oxygen atoms in total. The number of rotatable bonds is 4. The molecule has 0 amide bonds. The maximum atomic E-state index is 12.7. The number of nitriles is 1. The summed E-state index contributed by atoms with van der Waals surface area (Å²) in [6, 6.07) is 3.34. The predicted molar refractivity (Wildman–Crippen MR) is 103 cm³/mol. The van der Waals surface area contributed by atoms with Crippen molar-refractivity contribution < 1.29 is 8.42 Å². The first kappa shape index (κ1) is 18.3. The van der Waals surface area contributed by atoms with Gasteiger partial charge in [0.25, 0.3) is 0 Å². The topological polar surface area (TPSA) is 141 Å². The maximum Gasteiger partial charge on any atom is 0.234 e. The first-order valence-electron chi connectivity index (χ1n) is 8.75. The van der Waals surface area contributed by atoms with E-state index in [1.54, 1.807) is 12.3 Å². The fourth-order valence-electron chi connectivity index (χ4n) is 3.37. The number of nitrogens with one attached hydrogen (secondary N) is 2. The van der Waals surface area contributed by atoms with Gasteiger partial charge in [-0.25, -0.2) is 27.7 Å². The Kier molecular flexibility index (Phi) is 4.66. The van der Waals surface area contributed by atoms with Crippen molar-refractivity contribution in [2.45, 2.75) is 18.9 Å². The molecule has 144 valence electrons. The highest BCUT2D eigenvalue weighted by Gasteiger charge is 2.32. The SMILES string of the molecule is CS(=O)(=O)N(c1nc(C#N)ncc1-c1cnc2[nH]ccc2n1)[C@H]1CCCNC1. The first-order chi connectivity index (χ1) is 13.5. The van der Waals surface area contributed by atoms with Crippen LogP contribution >= 0.6 is 0 Å². The lowest BCUT2D eigenvalue weighted by Crippen LogP contribution is -2.49. The van der Waals surface area contributed by atoms with E-state index in [9.17, 15) is 13.7 Å². The molecule has 3 aromatic heterocycles. The summed E-state index contributed by atoms with van der Waals surface area (Å²) in [6.07, 6.45) is 7.36. The van der Waals surface area contributed by atoms with Crippen LogP contribution in [0.15, 0.2) is 24.7 Å². The van der Waals surface area contributed by atoms with Crippen LogP contribution in [-0.2, 0) is 10.0 Å². The van der Waals surface area contributed by atoms with E-state index in [0.717, 1.165) is 19.2 Å². The van der Waals surface area contributed by atoms with Crippen LogP contribution < -0.4 is 9.62 Å². The van der Waals surface area contributed by atoms with E-state index in [-0.39, 0.29) is 17.7 Å². The molecule has 0 spiro atoms. The second-order valence-corrected chi connectivity index (χ2v) is 8.43. The van der Waals surface area contributed by atoms with E-state index in [1.807, 2.05) is 6.07 Å². The summed E-state index contributed by atoms with van der Waals surface area (Å²) in [6.45, 7) is 1.34. The minimum absolute atomic E-state index is 0.105. The minimum Gasteiger partial charge on any atom is -0.345 e. The molecule has 11 heteroatoms. The summed E-state index contributed by atoms with van der Waals surface area (Å²) >= 11 is 0. The van der Waals surface area contributed by atoms with Crippen molar-refractivity contribution in [1.82, 2.24) is 30.2 Å². The fraction of sp³-hybridized carbons (Fsp3) is 0.353. The van der Waals surface area contributed by atoms with Gasteiger partial charge >= 0.3 is 0 Å². The third kappa shape index (κ3) is 3.39. The minimum atomic E-state index is -3.67. The smallest absolute Gasteiger partial charge is 0.234 e. The molecule has 28 heavy (non-hydrogen) atoms. The highest BCUT2D eigenvalue weighted by atomic mass is 32.2. The summed E-state index contributed by atoms with van der Waals surface area (Å²) in [4.78, 5) is 20.1. The van der Waals surface area contributed by atoms with Gasteiger partial charge < -0.3 is 10.3 Å². The fourth-order valence-corrected chi connectivity index (χ4v) is 4.54. The number of sulfonamides is 1. The Morgan fingerprint density at radius 2 is 2.14 bits per heavy atom. The Morgan fingerprint density at radius 1 is 1.29 bits per heavy atom. The standard InChI is InChI=1S/C17H18N8O2S/c1-28(26,27)25(11-3-2-5-19-8-11)17-12(9-21-15(7-18)24-17)14-10-22-16-13(23-14)4-6-20-16/h4,6,9-11,19H,2-3,5,8H2,1H3,(H,20,22)/t11-/m0/s1. The highest BCUT2D eigenvalue weighted by Crippen LogP contribution is 2.32. The lowest BCUT2D eigenvalue weighted by Gasteiger charge is -2.34. The van der Waals surface area contributed by atoms with E-state index in [0.29, 0.717) is 35.4 Å². The Bertz CT molecular complexity index is 1160. The van der Waals surface area contributed by atoms with Crippen LogP contribution in [0, 0.1) is 11.3 Å². The number of nitrogens with zero attached hydrogens (tertiary/aromatic N) is 6. The van der Waals surface area contributed by atoms with Crippen molar-refractivity contribution in [2.24, 2.45) is 0 Å². The van der Waals surface area contributed by atoms with Crippen molar-refractivity contribution in [3.05, 3.63) is 30.5 Å². The van der Waals surface area contributed by atoms with Crippen LogP contribution in [0.2, 0.25) is 0 Å². The van der Waals surface area contributed by atoms with Crippen LogP contribution in [-0.4, -0.2) is 58.7 Å². The largest absolute Gasteiger partial charge is 0.345 e. The Morgan fingerprint density at radius 3 is 2.86 bits per heavy atom. The van der Waals surface area contributed by atoms with Crippen LogP contribution in [0.1, 0.15) is 18.7 Å². The van der Waals surface area contributed by atoms with Gasteiger partial charge in [-0.2, -0.15) is 10.2 Å². The summed E-state index contributed by atoms with van der Waals surface area (Å²) < 4.78 is 26.7. The molecule has 0 aromatic carbocycles. The lowest BCUT2D eigenvalue weighted by atomic mass is 10.1. The van der Waals surface area contributed by atoms with Gasteiger partial charge in [0.2, 0.25) is 15.8 Å². The second-order valence-electron chi connectivity index (χ2n) is 6.57. The van der Waals surface area contributed by atoms with Gasteiger partial charge in [0.05, 0.1) is 29.8 Å². The molecular weight excluding hydrogens is 380 g/mol. The third-order valence-corrected chi connectivity index (χ3v) is 5.76. The summed E-state index contributed by atoms with van der Waals surface area (Å²) in [5.74, 6) is 0.0405. The van der Waals surface area contributed by atoms with Gasteiger partial charge in [0.15, 0.2) is 11.5 Å². The van der Waals surface area contributed by atoms with Crippen LogP contribution in [0.5, 0.6) is 0 Å². The van der Waals surface area contributed by atoms with Crippen molar-refractivity contribution in [3.63, 3.8) is 0 Å². The van der Waals surface area contributed by atoms with E-state index >= 15 is 0 Å². The Labute approximate surface area is 161 Å². The molecular formula is C17H18N8O2S. The molecule has 0 aliphatic carbocycles. The van der Waals surface area contributed by atoms with E-state index in [4.69, 9.17) is 0 Å². The first-order valence-corrected chi connectivity index (χ1v) is 10.6. The van der Waals surface area contributed by atoms with Gasteiger partial charge in [0, 0.05) is 18.9 Å². The van der Waals surface area contributed by atoms with Gasteiger partial charge in [0.1, 0.15) is 11.6 Å². The highest BCUT2D eigenvalue weighted by molar-refractivity contribution is 7.92. The van der Waals surface area contributed by atoms with E-state index < -0.39 is 10.0 Å². The molecule has 3 aromatic rings. The summed E-state index contributed by atoms with van der Waals surface area (Å²) in [5.41, 5.74) is 2.10. The van der Waals surface area contributed by atoms with Crippen molar-refractivity contribution in [3.8, 4) is 17.3 Å². The molecule has 2 N–H and O–H groups in total. The molecule has 0 unspecified atom stereocenters. The molecule has 1 atom stereocenters. The molecule has 1 saturated heterocycles. The lowest BCUT2D eigenvalue weighted by molar-refractivity contribution is 0.454. The number of fused-ring (bicyclic) bond motifs is 1. The normalized spacial score (nSPS) is 17.4. The monoisotopic (exact) mass is 398 g/mol. The van der Waals surface area contributed by atoms with Crippen LogP contribution in [0.25, 0.3) is 22.4 Å². The van der Waals surface area contributed by atoms with Gasteiger partial charge in [-0.05, 0) is 25.5 Å². The molecule has 1 aliphatic rings. The summed E-state index contributed by atoms with van der Waals surface area (Å²) in [7, 11) is -3.67. The number of H-pyrrole nitrogens is 1. The Hall–Kier alpha value is -3.10. The number of aromatic amines is 1. The van der Waals surface area contributed by atoms with Gasteiger partial charge in [-0.3, -0.25) is 0 Å². The van der Waals surface area contributed by atoms with Crippen LogP contribution in [0.3, 0.4) is 0 Å². The zero-order valence-corrected chi connectivity index (χ0v) is 15.9. The summed E-state index contributed by atoms with van der Waals surface area (Å²) in [5, 5.41) is 12.5. The molecule has 1 aliphatic heterocycles. The van der Waals surface area contributed by atoms with E-state index in [1.165, 1.54) is 16.7 Å². The predicted octanol–water partition coefficient (Wildman–Crippen LogP) is 0.805. The maximum absolute atomic E-state index is 12.7. The number of hydrogen-bond donors (Lipinski definition) is 2. The quantitative estimate of drug-likeness (QED) is 0.658. The van der Waals surface area contributed by atoms with Crippen molar-refractivity contribution in [1.29, 1.82) is 5.26 Å². The molecule has 0 saturated carbocycles. The molecule has 0 radical (unpaired) electrons. The third-order valence-electron chi connectivity index (χ3n) is 4.57. The molecule has 0 bridgehead atoms. The number of hydrogen-bond acceptors (Lipinski definition) is 8. The van der Waals surface area contributed by atoms with Crippen molar-refractivity contribution >= 4 is 27.0 Å². The van der Waals surface area contributed by atoms with Crippen molar-refractivity contribution in [2.75, 3.05) is 23.7 Å². The molecule has 1 fully saturated rings. The van der Waals surface area contributed by atoms with E-state index in [2.05, 4.69) is 30.2 Å². The average molecular weight is 398 g/mol. The average Bonchev–Trinajstić information content (AvgIpc) is 3.15. The zero-order valence-electron chi connectivity index (χ0n) is 15.1.